The van der Waals surface area contributed by atoms with Crippen LogP contribution in [-0.4, -0.2) is 40.1 Å². The average molecular weight is 262 g/mol. The van der Waals surface area contributed by atoms with Crippen molar-refractivity contribution in [3.63, 3.8) is 0 Å². The summed E-state index contributed by atoms with van der Waals surface area (Å²) in [4.78, 5) is 7.10. The number of hydrogen-bond acceptors (Lipinski definition) is 3. The third kappa shape index (κ3) is 3.60. The van der Waals surface area contributed by atoms with Gasteiger partial charge < -0.3 is 14.8 Å². The minimum Gasteiger partial charge on any atom is -0.352 e. The first-order valence-electron chi connectivity index (χ1n) is 7.22. The standard InChI is InChI=1S/C15H26N4/c1-5-7-16-15-17-13(4)9-19(15)11-14-6-8-18(10-14)12(2)3/h5,9,12,14H,1,6-8,10-11H2,2-4H3,(H,16,17). The van der Waals surface area contributed by atoms with Crippen molar-refractivity contribution in [1.82, 2.24) is 14.5 Å². The second kappa shape index (κ2) is 6.24. The minimum absolute atomic E-state index is 0.660. The van der Waals surface area contributed by atoms with Crippen LogP contribution in [0.25, 0.3) is 0 Å². The van der Waals surface area contributed by atoms with E-state index in [4.69, 9.17) is 0 Å². The van der Waals surface area contributed by atoms with Gasteiger partial charge in [0.2, 0.25) is 5.95 Å². The Balaban J connectivity index is 1.97. The maximum absolute atomic E-state index is 4.53. The lowest BCUT2D eigenvalue weighted by atomic mass is 10.1. The smallest absolute Gasteiger partial charge is 0.203 e. The maximum Gasteiger partial charge on any atom is 0.203 e. The van der Waals surface area contributed by atoms with Gasteiger partial charge in [-0.15, -0.1) is 6.58 Å². The van der Waals surface area contributed by atoms with Crippen LogP contribution in [0.5, 0.6) is 0 Å². The van der Waals surface area contributed by atoms with E-state index in [1.165, 1.54) is 19.5 Å². The third-order valence-corrected chi connectivity index (χ3v) is 3.80. The van der Waals surface area contributed by atoms with Gasteiger partial charge in [-0.1, -0.05) is 6.08 Å². The van der Waals surface area contributed by atoms with Crippen molar-refractivity contribution in [2.24, 2.45) is 5.92 Å². The van der Waals surface area contributed by atoms with Gasteiger partial charge in [-0.2, -0.15) is 0 Å². The first kappa shape index (κ1) is 14.1. The van der Waals surface area contributed by atoms with Gasteiger partial charge in [-0.25, -0.2) is 4.98 Å². The van der Waals surface area contributed by atoms with Crippen molar-refractivity contribution in [2.75, 3.05) is 25.0 Å². The van der Waals surface area contributed by atoms with Gasteiger partial charge in [0, 0.05) is 31.9 Å². The molecule has 0 aromatic carbocycles. The topological polar surface area (TPSA) is 33.1 Å². The Hall–Kier alpha value is -1.29. The van der Waals surface area contributed by atoms with Crippen LogP contribution in [-0.2, 0) is 6.54 Å². The molecule has 0 spiro atoms. The van der Waals surface area contributed by atoms with Crippen LogP contribution >= 0.6 is 0 Å². The Morgan fingerprint density at radius 3 is 3.00 bits per heavy atom. The van der Waals surface area contributed by atoms with Crippen molar-refractivity contribution >= 4 is 5.95 Å². The molecule has 0 aliphatic carbocycles. The Kier molecular flexibility index (Phi) is 4.64. The molecule has 2 rings (SSSR count). The molecule has 1 atom stereocenters. The number of nitrogens with zero attached hydrogens (tertiary/aromatic N) is 3. The number of aryl methyl sites for hydroxylation is 1. The SMILES string of the molecule is C=CCNc1nc(C)cn1CC1CCN(C(C)C)C1. The number of likely N-dealkylation sites (tertiary alicyclic amines) is 1. The maximum atomic E-state index is 4.53. The molecule has 0 saturated carbocycles. The lowest BCUT2D eigenvalue weighted by molar-refractivity contribution is 0.261. The summed E-state index contributed by atoms with van der Waals surface area (Å²) in [6, 6.07) is 0.660. The molecular weight excluding hydrogens is 236 g/mol. The molecule has 1 aliphatic rings. The van der Waals surface area contributed by atoms with Crippen molar-refractivity contribution in [3.05, 3.63) is 24.5 Å². The van der Waals surface area contributed by atoms with Crippen LogP contribution < -0.4 is 5.32 Å². The number of hydrogen-bond donors (Lipinski definition) is 1. The largest absolute Gasteiger partial charge is 0.352 e. The normalized spacial score (nSPS) is 20.1. The Labute approximate surface area is 116 Å². The molecule has 2 heterocycles. The molecule has 1 unspecified atom stereocenters. The second-order valence-electron chi connectivity index (χ2n) is 5.77. The quantitative estimate of drug-likeness (QED) is 0.800. The van der Waals surface area contributed by atoms with Gasteiger partial charge in [-0.3, -0.25) is 0 Å². The monoisotopic (exact) mass is 262 g/mol. The minimum atomic E-state index is 0.660. The Morgan fingerprint density at radius 2 is 2.37 bits per heavy atom. The number of aromatic nitrogens is 2. The van der Waals surface area contributed by atoms with E-state index < -0.39 is 0 Å². The molecule has 1 aliphatic heterocycles. The van der Waals surface area contributed by atoms with E-state index in [0.29, 0.717) is 6.04 Å². The fourth-order valence-electron chi connectivity index (χ4n) is 2.75. The number of anilines is 1. The lowest BCUT2D eigenvalue weighted by Crippen LogP contribution is -2.28. The van der Waals surface area contributed by atoms with E-state index in [9.17, 15) is 0 Å². The summed E-state index contributed by atoms with van der Waals surface area (Å²) in [5.74, 6) is 1.71. The van der Waals surface area contributed by atoms with E-state index in [1.54, 1.807) is 0 Å². The molecule has 106 valence electrons. The fourth-order valence-corrected chi connectivity index (χ4v) is 2.75. The zero-order valence-corrected chi connectivity index (χ0v) is 12.4. The summed E-state index contributed by atoms with van der Waals surface area (Å²) in [7, 11) is 0. The molecule has 1 aromatic rings. The molecule has 1 fully saturated rings. The molecule has 19 heavy (non-hydrogen) atoms. The molecule has 0 bridgehead atoms. The number of imidazole rings is 1. The highest BCUT2D eigenvalue weighted by atomic mass is 15.2. The van der Waals surface area contributed by atoms with E-state index in [0.717, 1.165) is 30.6 Å². The van der Waals surface area contributed by atoms with Crippen LogP contribution in [0.15, 0.2) is 18.9 Å². The molecule has 4 nitrogen and oxygen atoms in total. The summed E-state index contributed by atoms with van der Waals surface area (Å²) in [5, 5.41) is 3.31. The van der Waals surface area contributed by atoms with Crippen molar-refractivity contribution in [2.45, 2.75) is 39.8 Å². The molecule has 1 saturated heterocycles. The van der Waals surface area contributed by atoms with Gasteiger partial charge in [0.05, 0.1) is 5.69 Å². The average Bonchev–Trinajstić information content (AvgIpc) is 2.94. The molecule has 4 heteroatoms. The first-order valence-corrected chi connectivity index (χ1v) is 7.22. The molecule has 1 aromatic heterocycles. The fraction of sp³-hybridized carbons (Fsp3) is 0.667. The predicted molar refractivity (Wildman–Crippen MR) is 80.5 cm³/mol. The van der Waals surface area contributed by atoms with Gasteiger partial charge in [0.25, 0.3) is 0 Å². The van der Waals surface area contributed by atoms with Gasteiger partial charge >= 0.3 is 0 Å². The number of rotatable bonds is 6. The van der Waals surface area contributed by atoms with Crippen LogP contribution in [0.2, 0.25) is 0 Å². The highest BCUT2D eigenvalue weighted by Gasteiger charge is 2.25. The third-order valence-electron chi connectivity index (χ3n) is 3.80. The first-order chi connectivity index (χ1) is 9.10. The lowest BCUT2D eigenvalue weighted by Gasteiger charge is -2.20. The highest BCUT2D eigenvalue weighted by molar-refractivity contribution is 5.29. The zero-order chi connectivity index (χ0) is 13.8. The second-order valence-corrected chi connectivity index (χ2v) is 5.77. The summed E-state index contributed by atoms with van der Waals surface area (Å²) >= 11 is 0. The number of nitrogens with one attached hydrogen (secondary N) is 1. The van der Waals surface area contributed by atoms with Crippen molar-refractivity contribution in [1.29, 1.82) is 0 Å². The van der Waals surface area contributed by atoms with Crippen LogP contribution in [0.4, 0.5) is 5.95 Å². The molecule has 0 amide bonds. The Bertz CT molecular complexity index is 422. The van der Waals surface area contributed by atoms with Gasteiger partial charge in [0.1, 0.15) is 0 Å². The summed E-state index contributed by atoms with van der Waals surface area (Å²) in [6.07, 6.45) is 5.30. The Morgan fingerprint density at radius 1 is 1.58 bits per heavy atom. The van der Waals surface area contributed by atoms with Crippen LogP contribution in [0.1, 0.15) is 26.0 Å². The molecular formula is C15H26N4. The summed E-state index contributed by atoms with van der Waals surface area (Å²) < 4.78 is 2.26. The van der Waals surface area contributed by atoms with E-state index in [2.05, 4.69) is 46.4 Å². The van der Waals surface area contributed by atoms with E-state index in [-0.39, 0.29) is 0 Å². The zero-order valence-electron chi connectivity index (χ0n) is 12.4. The van der Waals surface area contributed by atoms with Gasteiger partial charge in [-0.05, 0) is 39.7 Å². The highest BCUT2D eigenvalue weighted by Crippen LogP contribution is 2.22. The van der Waals surface area contributed by atoms with Crippen LogP contribution in [0, 0.1) is 12.8 Å². The van der Waals surface area contributed by atoms with Crippen molar-refractivity contribution in [3.8, 4) is 0 Å². The van der Waals surface area contributed by atoms with E-state index in [1.807, 2.05) is 13.0 Å². The van der Waals surface area contributed by atoms with Crippen molar-refractivity contribution < 1.29 is 0 Å². The predicted octanol–water partition coefficient (Wildman–Crippen LogP) is 2.52. The summed E-state index contributed by atoms with van der Waals surface area (Å²) in [5.41, 5.74) is 1.07. The van der Waals surface area contributed by atoms with Gasteiger partial charge in [0.15, 0.2) is 0 Å². The van der Waals surface area contributed by atoms with E-state index >= 15 is 0 Å². The van der Waals surface area contributed by atoms with Crippen LogP contribution in [0.3, 0.4) is 0 Å². The molecule has 1 N–H and O–H groups in total. The summed E-state index contributed by atoms with van der Waals surface area (Å²) in [6.45, 7) is 14.6. The molecule has 0 radical (unpaired) electrons.